The second kappa shape index (κ2) is 6.45. The third-order valence-electron chi connectivity index (χ3n) is 3.93. The van der Waals surface area contributed by atoms with Crippen molar-refractivity contribution in [3.63, 3.8) is 0 Å². The molecule has 0 aliphatic carbocycles. The van der Waals surface area contributed by atoms with Gasteiger partial charge in [-0.05, 0) is 24.6 Å². The Labute approximate surface area is 150 Å². The fraction of sp³-hybridized carbons (Fsp3) is 0.222. The molecule has 8 heteroatoms. The zero-order chi connectivity index (χ0) is 18.1. The summed E-state index contributed by atoms with van der Waals surface area (Å²) in [6, 6.07) is 13.2. The lowest BCUT2D eigenvalue weighted by Crippen LogP contribution is -2.09. The van der Waals surface area contributed by atoms with Gasteiger partial charge in [-0.1, -0.05) is 18.2 Å². The Morgan fingerprint density at radius 1 is 1.19 bits per heavy atom. The second-order valence-electron chi connectivity index (χ2n) is 6.07. The van der Waals surface area contributed by atoms with Crippen molar-refractivity contribution in [1.29, 1.82) is 0 Å². The molecule has 0 atom stereocenters. The van der Waals surface area contributed by atoms with Crippen molar-refractivity contribution in [3.05, 3.63) is 48.7 Å². The molecular formula is C18H17N3O4S. The first-order valence-corrected chi connectivity index (χ1v) is 10.2. The van der Waals surface area contributed by atoms with E-state index in [2.05, 4.69) is 10.1 Å². The van der Waals surface area contributed by atoms with Gasteiger partial charge in [-0.25, -0.2) is 17.9 Å². The topological polar surface area (TPSA) is 86.7 Å². The average molecular weight is 371 g/mol. The van der Waals surface area contributed by atoms with Crippen molar-refractivity contribution in [1.82, 2.24) is 14.6 Å². The van der Waals surface area contributed by atoms with E-state index < -0.39 is 9.84 Å². The van der Waals surface area contributed by atoms with Crippen LogP contribution in [0.3, 0.4) is 0 Å². The normalized spacial score (nSPS) is 12.0. The molecule has 0 spiro atoms. The summed E-state index contributed by atoms with van der Waals surface area (Å²) >= 11 is 0. The number of aromatic nitrogens is 3. The molecule has 7 nitrogen and oxygen atoms in total. The van der Waals surface area contributed by atoms with Crippen LogP contribution in [0.1, 0.15) is 6.42 Å². The summed E-state index contributed by atoms with van der Waals surface area (Å²) in [6.45, 7) is 0.278. The number of ether oxygens (including phenoxy) is 1. The fourth-order valence-corrected chi connectivity index (χ4v) is 3.35. The van der Waals surface area contributed by atoms with Crippen LogP contribution in [0.2, 0.25) is 0 Å². The van der Waals surface area contributed by atoms with Crippen LogP contribution in [0.15, 0.2) is 53.1 Å². The lowest BCUT2D eigenvalue weighted by atomic mass is 10.2. The number of fused-ring (bicyclic) bond motifs is 2. The SMILES string of the molecule is CS(=O)(=O)CCCOc1ccc2ncc(-c3cc4ccccc4o3)n2n1. The maximum Gasteiger partial charge on any atom is 0.231 e. The Morgan fingerprint density at radius 3 is 2.85 bits per heavy atom. The molecule has 0 unspecified atom stereocenters. The number of imidazole rings is 1. The third-order valence-corrected chi connectivity index (χ3v) is 4.96. The number of hydrogen-bond donors (Lipinski definition) is 0. The minimum absolute atomic E-state index is 0.0879. The highest BCUT2D eigenvalue weighted by molar-refractivity contribution is 7.90. The smallest absolute Gasteiger partial charge is 0.231 e. The van der Waals surface area contributed by atoms with E-state index in [1.54, 1.807) is 22.8 Å². The molecule has 3 aromatic heterocycles. The van der Waals surface area contributed by atoms with Crippen LogP contribution < -0.4 is 4.74 Å². The van der Waals surface area contributed by atoms with Gasteiger partial charge in [0.2, 0.25) is 5.88 Å². The molecule has 4 aromatic rings. The van der Waals surface area contributed by atoms with Crippen molar-refractivity contribution in [3.8, 4) is 17.3 Å². The number of rotatable bonds is 6. The second-order valence-corrected chi connectivity index (χ2v) is 8.33. The van der Waals surface area contributed by atoms with Gasteiger partial charge in [-0.15, -0.1) is 5.10 Å². The molecule has 0 aliphatic rings. The van der Waals surface area contributed by atoms with Crippen LogP contribution in [-0.2, 0) is 9.84 Å². The highest BCUT2D eigenvalue weighted by atomic mass is 32.2. The van der Waals surface area contributed by atoms with Crippen molar-refractivity contribution in [2.45, 2.75) is 6.42 Å². The predicted octanol–water partition coefficient (Wildman–Crippen LogP) is 2.96. The highest BCUT2D eigenvalue weighted by Gasteiger charge is 2.13. The Kier molecular flexibility index (Phi) is 4.12. The van der Waals surface area contributed by atoms with E-state index in [1.807, 2.05) is 30.3 Å². The maximum absolute atomic E-state index is 11.2. The van der Waals surface area contributed by atoms with Crippen LogP contribution in [0.5, 0.6) is 5.88 Å². The first-order chi connectivity index (χ1) is 12.5. The Bertz CT molecular complexity index is 1140. The van der Waals surface area contributed by atoms with Gasteiger partial charge in [0.25, 0.3) is 0 Å². The van der Waals surface area contributed by atoms with E-state index in [4.69, 9.17) is 9.15 Å². The number of para-hydroxylation sites is 1. The summed E-state index contributed by atoms with van der Waals surface area (Å²) in [5.74, 6) is 1.16. The lowest BCUT2D eigenvalue weighted by molar-refractivity contribution is 0.301. The van der Waals surface area contributed by atoms with Gasteiger partial charge in [0.05, 0.1) is 18.6 Å². The molecule has 0 fully saturated rings. The van der Waals surface area contributed by atoms with Gasteiger partial charge < -0.3 is 9.15 Å². The Hall–Kier alpha value is -2.87. The standard InChI is InChI=1S/C18H17N3O4S/c1-26(22,23)10-4-9-24-18-8-7-17-19-12-14(21(17)20-18)16-11-13-5-2-3-6-15(13)25-16/h2-3,5-8,11-12H,4,9-10H2,1H3. The molecular weight excluding hydrogens is 354 g/mol. The van der Waals surface area contributed by atoms with Crippen LogP contribution in [0, 0.1) is 0 Å². The Morgan fingerprint density at radius 2 is 2.04 bits per heavy atom. The number of nitrogens with zero attached hydrogens (tertiary/aromatic N) is 3. The average Bonchev–Trinajstić information content (AvgIpc) is 3.21. The van der Waals surface area contributed by atoms with Gasteiger partial charge in [0.1, 0.15) is 21.1 Å². The summed E-state index contributed by atoms with van der Waals surface area (Å²) in [6.07, 6.45) is 3.33. The molecule has 4 rings (SSSR count). The van der Waals surface area contributed by atoms with Crippen LogP contribution in [-0.4, -0.2) is 41.6 Å². The zero-order valence-corrected chi connectivity index (χ0v) is 14.9. The van der Waals surface area contributed by atoms with Crippen LogP contribution >= 0.6 is 0 Å². The number of benzene rings is 1. The minimum atomic E-state index is -2.99. The van der Waals surface area contributed by atoms with Gasteiger partial charge >= 0.3 is 0 Å². The summed E-state index contributed by atoms with van der Waals surface area (Å²) in [7, 11) is -2.99. The minimum Gasteiger partial charge on any atom is -0.477 e. The van der Waals surface area contributed by atoms with Crippen molar-refractivity contribution in [2.75, 3.05) is 18.6 Å². The fourth-order valence-electron chi connectivity index (χ4n) is 2.71. The molecule has 0 aliphatic heterocycles. The van der Waals surface area contributed by atoms with E-state index >= 15 is 0 Å². The van der Waals surface area contributed by atoms with Crippen LogP contribution in [0.25, 0.3) is 28.1 Å². The van der Waals surface area contributed by atoms with Crippen molar-refractivity contribution < 1.29 is 17.6 Å². The molecule has 3 heterocycles. The number of sulfone groups is 1. The van der Waals surface area contributed by atoms with E-state index in [0.29, 0.717) is 23.7 Å². The molecule has 0 bridgehead atoms. The summed E-state index contributed by atoms with van der Waals surface area (Å²) < 4.78 is 35.4. The van der Waals surface area contributed by atoms with Gasteiger partial charge in [0, 0.05) is 17.7 Å². The zero-order valence-electron chi connectivity index (χ0n) is 14.1. The monoisotopic (exact) mass is 371 g/mol. The Balaban J connectivity index is 1.60. The molecule has 0 radical (unpaired) electrons. The largest absolute Gasteiger partial charge is 0.477 e. The van der Waals surface area contributed by atoms with E-state index in [0.717, 1.165) is 16.7 Å². The van der Waals surface area contributed by atoms with Gasteiger partial charge in [-0.2, -0.15) is 0 Å². The maximum atomic E-state index is 11.2. The first-order valence-electron chi connectivity index (χ1n) is 8.14. The van der Waals surface area contributed by atoms with Gasteiger partial charge in [0.15, 0.2) is 11.4 Å². The van der Waals surface area contributed by atoms with E-state index in [9.17, 15) is 8.42 Å². The first kappa shape index (κ1) is 16.6. The molecule has 26 heavy (non-hydrogen) atoms. The number of furan rings is 1. The summed E-state index contributed by atoms with van der Waals surface area (Å²) in [4.78, 5) is 4.34. The lowest BCUT2D eigenvalue weighted by Gasteiger charge is -2.05. The third kappa shape index (κ3) is 3.41. The molecule has 0 amide bonds. The highest BCUT2D eigenvalue weighted by Crippen LogP contribution is 2.28. The quantitative estimate of drug-likeness (QED) is 0.484. The summed E-state index contributed by atoms with van der Waals surface area (Å²) in [5.41, 5.74) is 2.19. The molecule has 0 N–H and O–H groups in total. The summed E-state index contributed by atoms with van der Waals surface area (Å²) in [5, 5.41) is 5.44. The number of hydrogen-bond acceptors (Lipinski definition) is 6. The predicted molar refractivity (Wildman–Crippen MR) is 98.0 cm³/mol. The van der Waals surface area contributed by atoms with E-state index in [1.165, 1.54) is 6.26 Å². The molecule has 0 saturated heterocycles. The van der Waals surface area contributed by atoms with Crippen molar-refractivity contribution in [2.24, 2.45) is 0 Å². The molecule has 0 saturated carbocycles. The molecule has 134 valence electrons. The molecule has 1 aromatic carbocycles. The van der Waals surface area contributed by atoms with Crippen LogP contribution in [0.4, 0.5) is 0 Å². The van der Waals surface area contributed by atoms with Gasteiger partial charge in [-0.3, -0.25) is 0 Å². The van der Waals surface area contributed by atoms with Crippen molar-refractivity contribution >= 4 is 26.5 Å². The van der Waals surface area contributed by atoms with E-state index in [-0.39, 0.29) is 12.4 Å².